The smallest absolute Gasteiger partial charge is 0.284 e. The Bertz CT molecular complexity index is 646. The van der Waals surface area contributed by atoms with Crippen LogP contribution < -0.4 is 10.9 Å². The zero-order valence-electron chi connectivity index (χ0n) is 11.5. The molecular formula is C16H17N2O2+. The summed E-state index contributed by atoms with van der Waals surface area (Å²) in [7, 11) is 0. The monoisotopic (exact) mass is 269 g/mol. The molecule has 0 saturated heterocycles. The maximum atomic E-state index is 11.8. The number of amidine groups is 1. The van der Waals surface area contributed by atoms with Gasteiger partial charge in [0, 0.05) is 0 Å². The van der Waals surface area contributed by atoms with Gasteiger partial charge in [-0.2, -0.15) is 0 Å². The number of hydrogen-bond acceptors (Lipinski definition) is 2. The van der Waals surface area contributed by atoms with Crippen molar-refractivity contribution in [3.05, 3.63) is 70.8 Å². The Kier molecular flexibility index (Phi) is 4.15. The molecule has 2 aromatic rings. The lowest BCUT2D eigenvalue weighted by Crippen LogP contribution is -2.75. The molecule has 4 nitrogen and oxygen atoms in total. The van der Waals surface area contributed by atoms with Crippen molar-refractivity contribution in [3.8, 4) is 0 Å². The van der Waals surface area contributed by atoms with E-state index in [0.717, 1.165) is 16.7 Å². The molecule has 0 spiro atoms. The van der Waals surface area contributed by atoms with Crippen molar-refractivity contribution in [2.24, 2.45) is 5.73 Å². The molecule has 2 aromatic carbocycles. The Balaban J connectivity index is 2.08. The van der Waals surface area contributed by atoms with Gasteiger partial charge in [-0.1, -0.05) is 40.5 Å². The molecule has 0 saturated carbocycles. The molecule has 0 radical (unpaired) electrons. The Morgan fingerprint density at radius 3 is 2.35 bits per heavy atom. The van der Waals surface area contributed by atoms with Gasteiger partial charge in [0.15, 0.2) is 0 Å². The number of carbonyl (C=O) groups is 1. The first-order valence-electron chi connectivity index (χ1n) is 6.29. The second-order valence-corrected chi connectivity index (χ2v) is 4.64. The first kappa shape index (κ1) is 13.8. The third-order valence-electron chi connectivity index (χ3n) is 2.87. The summed E-state index contributed by atoms with van der Waals surface area (Å²) in [5.74, 6) is -0.172. The van der Waals surface area contributed by atoms with E-state index < -0.39 is 5.97 Å². The van der Waals surface area contributed by atoms with Crippen molar-refractivity contribution < 1.29 is 14.8 Å². The molecule has 0 amide bonds. The van der Waals surface area contributed by atoms with Crippen molar-refractivity contribution in [2.45, 2.75) is 13.8 Å². The average molecular weight is 269 g/mol. The summed E-state index contributed by atoms with van der Waals surface area (Å²) in [6.45, 7) is 3.90. The van der Waals surface area contributed by atoms with Crippen LogP contribution in [0.5, 0.6) is 0 Å². The van der Waals surface area contributed by atoms with Crippen molar-refractivity contribution in [2.75, 3.05) is 0 Å². The first-order valence-corrected chi connectivity index (χ1v) is 6.29. The number of benzene rings is 2. The minimum absolute atomic E-state index is 0.297. The second kappa shape index (κ2) is 6.02. The summed E-state index contributed by atoms with van der Waals surface area (Å²) >= 11 is 0. The Morgan fingerprint density at radius 1 is 1.00 bits per heavy atom. The van der Waals surface area contributed by atoms with E-state index in [1.54, 1.807) is 18.2 Å². The van der Waals surface area contributed by atoms with E-state index in [1.807, 2.05) is 44.2 Å². The van der Waals surface area contributed by atoms with Gasteiger partial charge in [0.25, 0.3) is 0 Å². The topological polar surface area (TPSA) is 66.3 Å². The maximum Gasteiger partial charge on any atom is 0.387 e. The Hall–Kier alpha value is -2.62. The van der Waals surface area contributed by atoms with Gasteiger partial charge in [-0.15, -0.1) is 0 Å². The van der Waals surface area contributed by atoms with Crippen LogP contribution in [0.15, 0.2) is 48.5 Å². The average Bonchev–Trinajstić information content (AvgIpc) is 2.45. The predicted octanol–water partition coefficient (Wildman–Crippen LogP) is 0.861. The Morgan fingerprint density at radius 2 is 1.70 bits per heavy atom. The highest BCUT2D eigenvalue weighted by Gasteiger charge is 2.10. The molecule has 3 N–H and O–H groups in total. The molecule has 0 aliphatic heterocycles. The third kappa shape index (κ3) is 3.45. The van der Waals surface area contributed by atoms with Gasteiger partial charge in [-0.3, -0.25) is 10.6 Å². The SMILES string of the molecule is Cc1ccc(C(N)=[NH+]OC(=O)c2cccc(C)c2)cc1. The van der Waals surface area contributed by atoms with Crippen LogP contribution in [-0.2, 0) is 4.84 Å². The summed E-state index contributed by atoms with van der Waals surface area (Å²) in [4.78, 5) is 16.8. The number of rotatable bonds is 3. The minimum atomic E-state index is -0.469. The molecule has 0 aromatic heterocycles. The van der Waals surface area contributed by atoms with E-state index in [2.05, 4.69) is 5.16 Å². The highest BCUT2D eigenvalue weighted by Crippen LogP contribution is 2.04. The largest absolute Gasteiger partial charge is 0.387 e. The van der Waals surface area contributed by atoms with E-state index >= 15 is 0 Å². The van der Waals surface area contributed by atoms with Crippen LogP contribution in [0.2, 0.25) is 0 Å². The van der Waals surface area contributed by atoms with Crippen LogP contribution in [0.25, 0.3) is 0 Å². The molecule has 0 aliphatic rings. The molecular weight excluding hydrogens is 252 g/mol. The van der Waals surface area contributed by atoms with E-state index in [1.165, 1.54) is 0 Å². The van der Waals surface area contributed by atoms with E-state index in [-0.39, 0.29) is 0 Å². The highest BCUT2D eigenvalue weighted by molar-refractivity contribution is 5.93. The van der Waals surface area contributed by atoms with Gasteiger partial charge in [0.1, 0.15) is 0 Å². The van der Waals surface area contributed by atoms with E-state index in [4.69, 9.17) is 10.6 Å². The maximum absolute atomic E-state index is 11.8. The van der Waals surface area contributed by atoms with Gasteiger partial charge in [0.05, 0.1) is 11.1 Å². The number of nitrogens with one attached hydrogen (secondary N) is 1. The molecule has 0 bridgehead atoms. The molecule has 0 atom stereocenters. The molecule has 2 rings (SSSR count). The third-order valence-corrected chi connectivity index (χ3v) is 2.87. The first-order chi connectivity index (χ1) is 9.56. The molecule has 0 fully saturated rings. The fraction of sp³-hybridized carbons (Fsp3) is 0.125. The quantitative estimate of drug-likeness (QED) is 0.376. The van der Waals surface area contributed by atoms with Crippen LogP contribution in [0.3, 0.4) is 0 Å². The highest BCUT2D eigenvalue weighted by atomic mass is 16.7. The lowest BCUT2D eigenvalue weighted by atomic mass is 10.1. The standard InChI is InChI=1S/C16H16N2O2/c1-11-6-8-13(9-7-11)15(17)18-20-16(19)14-5-3-4-12(2)10-14/h3-10H,1-2H3,(H2,17,18)/p+1. The van der Waals surface area contributed by atoms with Crippen molar-refractivity contribution in [1.82, 2.24) is 0 Å². The van der Waals surface area contributed by atoms with Crippen LogP contribution in [0, 0.1) is 13.8 Å². The van der Waals surface area contributed by atoms with Gasteiger partial charge < -0.3 is 0 Å². The van der Waals surface area contributed by atoms with Crippen molar-refractivity contribution >= 4 is 11.8 Å². The molecule has 102 valence electrons. The molecule has 0 aliphatic carbocycles. The predicted molar refractivity (Wildman–Crippen MR) is 77.0 cm³/mol. The normalized spacial score (nSPS) is 11.2. The number of nitrogens with two attached hydrogens (primary N) is 1. The summed E-state index contributed by atoms with van der Waals surface area (Å²) in [5.41, 5.74) is 9.21. The number of nitrogen functional groups attached to an aromatic ring is 1. The molecule has 0 heterocycles. The number of hydrogen-bond donors (Lipinski definition) is 2. The zero-order chi connectivity index (χ0) is 14.5. The minimum Gasteiger partial charge on any atom is -0.284 e. The van der Waals surface area contributed by atoms with Gasteiger partial charge in [-0.25, -0.2) is 4.79 Å². The molecule has 0 unspecified atom stereocenters. The van der Waals surface area contributed by atoms with Crippen molar-refractivity contribution in [1.29, 1.82) is 0 Å². The lowest BCUT2D eigenvalue weighted by Gasteiger charge is -1.99. The lowest BCUT2D eigenvalue weighted by molar-refractivity contribution is -0.721. The molecule has 4 heteroatoms. The molecule has 20 heavy (non-hydrogen) atoms. The van der Waals surface area contributed by atoms with Crippen LogP contribution >= 0.6 is 0 Å². The van der Waals surface area contributed by atoms with E-state index in [9.17, 15) is 4.79 Å². The zero-order valence-corrected chi connectivity index (χ0v) is 11.5. The fourth-order valence-corrected chi connectivity index (χ4v) is 1.72. The summed E-state index contributed by atoms with van der Waals surface area (Å²) in [5, 5.41) is 2.48. The van der Waals surface area contributed by atoms with Crippen LogP contribution in [-0.4, -0.2) is 11.8 Å². The van der Waals surface area contributed by atoms with Gasteiger partial charge >= 0.3 is 11.8 Å². The second-order valence-electron chi connectivity index (χ2n) is 4.64. The van der Waals surface area contributed by atoms with Crippen LogP contribution in [0.4, 0.5) is 0 Å². The summed E-state index contributed by atoms with van der Waals surface area (Å²) in [6.07, 6.45) is 0. The van der Waals surface area contributed by atoms with E-state index in [0.29, 0.717) is 11.4 Å². The fourth-order valence-electron chi connectivity index (χ4n) is 1.72. The summed E-state index contributed by atoms with van der Waals surface area (Å²) < 4.78 is 0. The van der Waals surface area contributed by atoms with Crippen molar-refractivity contribution in [3.63, 3.8) is 0 Å². The van der Waals surface area contributed by atoms with Gasteiger partial charge in [-0.05, 0) is 38.1 Å². The van der Waals surface area contributed by atoms with Gasteiger partial charge in [0.2, 0.25) is 0 Å². The number of carbonyl (C=O) groups excluding carboxylic acids is 1. The summed E-state index contributed by atoms with van der Waals surface area (Å²) in [6, 6.07) is 14.8. The van der Waals surface area contributed by atoms with Crippen LogP contribution in [0.1, 0.15) is 27.0 Å². The number of aryl methyl sites for hydroxylation is 2. The Labute approximate surface area is 117 Å².